The van der Waals surface area contributed by atoms with E-state index in [0.29, 0.717) is 6.54 Å². The third kappa shape index (κ3) is 4.43. The molecule has 2 fully saturated rings. The van der Waals surface area contributed by atoms with Crippen LogP contribution in [0.2, 0.25) is 0 Å². The molecule has 2 aliphatic heterocycles. The zero-order chi connectivity index (χ0) is 22.3. The number of nitrogens with zero attached hydrogens (tertiary/aromatic N) is 2. The molecule has 1 aromatic rings. The van der Waals surface area contributed by atoms with Gasteiger partial charge < -0.3 is 19.1 Å². The molecule has 0 saturated carbocycles. The average molecular weight is 418 g/mol. The van der Waals surface area contributed by atoms with Crippen molar-refractivity contribution >= 4 is 18.0 Å². The van der Waals surface area contributed by atoms with Crippen LogP contribution in [0.1, 0.15) is 47.1 Å². The molecular weight excluding hydrogens is 388 g/mol. The van der Waals surface area contributed by atoms with Crippen LogP contribution in [0.4, 0.5) is 4.79 Å². The van der Waals surface area contributed by atoms with Crippen LogP contribution in [0, 0.1) is 0 Å². The maximum atomic E-state index is 13.0. The molecule has 3 atom stereocenters. The minimum absolute atomic E-state index is 0.202. The number of amides is 2. The Morgan fingerprint density at radius 1 is 1.20 bits per heavy atom. The molecule has 8 heteroatoms. The second kappa shape index (κ2) is 7.91. The van der Waals surface area contributed by atoms with Gasteiger partial charge in [-0.15, -0.1) is 0 Å². The normalized spacial score (nSPS) is 25.7. The fourth-order valence-electron chi connectivity index (χ4n) is 3.96. The SMILES string of the molecule is CC(=O)O[C@@H]1C(=O)N(Cc2ccccc2)[C@@H]1C1COC(C)(C)N1C(=O)OC(C)(C)C. The Balaban J connectivity index is 1.90. The molecule has 3 rings (SSSR count). The van der Waals surface area contributed by atoms with Crippen LogP contribution in [0.3, 0.4) is 0 Å². The van der Waals surface area contributed by atoms with Crippen LogP contribution in [0.15, 0.2) is 30.3 Å². The molecule has 30 heavy (non-hydrogen) atoms. The molecule has 1 unspecified atom stereocenters. The van der Waals surface area contributed by atoms with Crippen molar-refractivity contribution in [3.05, 3.63) is 35.9 Å². The zero-order valence-electron chi connectivity index (χ0n) is 18.4. The number of benzene rings is 1. The van der Waals surface area contributed by atoms with Crippen LogP contribution < -0.4 is 0 Å². The number of carbonyl (C=O) groups is 3. The van der Waals surface area contributed by atoms with E-state index in [1.54, 1.807) is 39.5 Å². The molecule has 8 nitrogen and oxygen atoms in total. The zero-order valence-corrected chi connectivity index (χ0v) is 18.4. The highest BCUT2D eigenvalue weighted by Gasteiger charge is 2.60. The van der Waals surface area contributed by atoms with Crippen LogP contribution in [0.25, 0.3) is 0 Å². The van der Waals surface area contributed by atoms with Gasteiger partial charge in [0.1, 0.15) is 17.4 Å². The van der Waals surface area contributed by atoms with Crippen LogP contribution in [-0.2, 0) is 30.3 Å². The molecule has 0 aromatic heterocycles. The minimum atomic E-state index is -0.960. The largest absolute Gasteiger partial charge is 0.450 e. The predicted octanol–water partition coefficient (Wildman–Crippen LogP) is 2.70. The van der Waals surface area contributed by atoms with Gasteiger partial charge in [-0.3, -0.25) is 14.5 Å². The molecule has 0 radical (unpaired) electrons. The molecule has 164 valence electrons. The first-order chi connectivity index (χ1) is 13.9. The summed E-state index contributed by atoms with van der Waals surface area (Å²) >= 11 is 0. The minimum Gasteiger partial charge on any atom is -0.450 e. The molecule has 2 amide bonds. The van der Waals surface area contributed by atoms with Crippen LogP contribution >= 0.6 is 0 Å². The molecule has 0 bridgehead atoms. The monoisotopic (exact) mass is 418 g/mol. The summed E-state index contributed by atoms with van der Waals surface area (Å²) in [6.07, 6.45) is -1.49. The number of hydrogen-bond acceptors (Lipinski definition) is 6. The van der Waals surface area contributed by atoms with Gasteiger partial charge in [0.05, 0.1) is 12.6 Å². The maximum Gasteiger partial charge on any atom is 0.412 e. The van der Waals surface area contributed by atoms with Crippen molar-refractivity contribution in [1.82, 2.24) is 9.80 Å². The number of ether oxygens (including phenoxy) is 3. The summed E-state index contributed by atoms with van der Waals surface area (Å²) in [5.74, 6) is -0.826. The van der Waals surface area contributed by atoms with E-state index in [1.807, 2.05) is 30.3 Å². The summed E-state index contributed by atoms with van der Waals surface area (Å²) in [4.78, 5) is 40.6. The van der Waals surface area contributed by atoms with Gasteiger partial charge in [-0.2, -0.15) is 0 Å². The lowest BCUT2D eigenvalue weighted by atomic mass is 9.89. The van der Waals surface area contributed by atoms with Crippen LogP contribution in [0.5, 0.6) is 0 Å². The third-order valence-electron chi connectivity index (χ3n) is 5.19. The van der Waals surface area contributed by atoms with E-state index < -0.39 is 41.6 Å². The molecule has 0 N–H and O–H groups in total. The molecule has 0 spiro atoms. The molecule has 2 aliphatic rings. The van der Waals surface area contributed by atoms with Crippen molar-refractivity contribution < 1.29 is 28.6 Å². The van der Waals surface area contributed by atoms with Crippen molar-refractivity contribution in [3.8, 4) is 0 Å². The van der Waals surface area contributed by atoms with Gasteiger partial charge in [0.15, 0.2) is 0 Å². The number of carbonyl (C=O) groups excluding carboxylic acids is 3. The number of likely N-dealkylation sites (tertiary alicyclic amines) is 1. The topological polar surface area (TPSA) is 85.4 Å². The van der Waals surface area contributed by atoms with Gasteiger partial charge in [-0.05, 0) is 40.2 Å². The van der Waals surface area contributed by atoms with Crippen LogP contribution in [-0.4, -0.2) is 63.9 Å². The highest BCUT2D eigenvalue weighted by molar-refractivity contribution is 5.91. The first-order valence-electron chi connectivity index (χ1n) is 10.1. The van der Waals surface area contributed by atoms with E-state index in [-0.39, 0.29) is 12.5 Å². The maximum absolute atomic E-state index is 13.0. The summed E-state index contributed by atoms with van der Waals surface area (Å²) in [6.45, 7) is 10.7. The first-order valence-corrected chi connectivity index (χ1v) is 10.1. The molecular formula is C22H30N2O6. The van der Waals surface area contributed by atoms with E-state index in [1.165, 1.54) is 11.8 Å². The predicted molar refractivity (Wildman–Crippen MR) is 108 cm³/mol. The fourth-order valence-corrected chi connectivity index (χ4v) is 3.96. The highest BCUT2D eigenvalue weighted by atomic mass is 16.6. The van der Waals surface area contributed by atoms with E-state index in [4.69, 9.17) is 14.2 Å². The lowest BCUT2D eigenvalue weighted by Gasteiger charge is -2.50. The highest BCUT2D eigenvalue weighted by Crippen LogP contribution is 2.38. The summed E-state index contributed by atoms with van der Waals surface area (Å²) in [7, 11) is 0. The van der Waals surface area contributed by atoms with Crippen molar-refractivity contribution in [2.75, 3.05) is 6.61 Å². The Morgan fingerprint density at radius 2 is 1.83 bits per heavy atom. The third-order valence-corrected chi connectivity index (χ3v) is 5.19. The van der Waals surface area contributed by atoms with E-state index in [0.717, 1.165) is 5.56 Å². The van der Waals surface area contributed by atoms with E-state index in [2.05, 4.69) is 0 Å². The number of rotatable bonds is 4. The Labute approximate surface area is 177 Å². The summed E-state index contributed by atoms with van der Waals surface area (Å²) in [6, 6.07) is 8.49. The summed E-state index contributed by atoms with van der Waals surface area (Å²) in [5.41, 5.74) is -0.668. The first kappa shape index (κ1) is 22.1. The smallest absolute Gasteiger partial charge is 0.412 e. The summed E-state index contributed by atoms with van der Waals surface area (Å²) < 4.78 is 16.8. The summed E-state index contributed by atoms with van der Waals surface area (Å²) in [5, 5.41) is 0. The van der Waals surface area contributed by atoms with E-state index in [9.17, 15) is 14.4 Å². The van der Waals surface area contributed by atoms with Gasteiger partial charge in [0, 0.05) is 13.5 Å². The standard InChI is InChI=1S/C22H30N2O6/c1-14(25)29-18-17(23(19(18)26)12-15-10-8-7-9-11-15)16-13-28-22(5,6)24(16)20(27)30-21(2,3)4/h7-11,16-18H,12-13H2,1-6H3/t16?,17-,18+/m1/s1. The Kier molecular flexibility index (Phi) is 5.82. The lowest BCUT2D eigenvalue weighted by molar-refractivity contribution is -0.187. The Hall–Kier alpha value is -2.61. The second-order valence-corrected chi connectivity index (χ2v) is 9.15. The van der Waals surface area contributed by atoms with Gasteiger partial charge in [-0.25, -0.2) is 4.79 Å². The van der Waals surface area contributed by atoms with Gasteiger partial charge >= 0.3 is 12.1 Å². The molecule has 1 aromatic carbocycles. The van der Waals surface area contributed by atoms with Crippen molar-refractivity contribution in [2.45, 2.75) is 77.6 Å². The quantitative estimate of drug-likeness (QED) is 0.552. The molecule has 2 saturated heterocycles. The van der Waals surface area contributed by atoms with Crippen molar-refractivity contribution in [2.24, 2.45) is 0 Å². The number of esters is 1. The lowest BCUT2D eigenvalue weighted by Crippen LogP contribution is -2.73. The van der Waals surface area contributed by atoms with E-state index >= 15 is 0 Å². The fraction of sp³-hybridized carbons (Fsp3) is 0.591. The average Bonchev–Trinajstić information content (AvgIpc) is 2.94. The Bertz CT molecular complexity index is 817. The number of hydrogen-bond donors (Lipinski definition) is 0. The molecule has 2 heterocycles. The molecule has 0 aliphatic carbocycles. The Morgan fingerprint density at radius 3 is 2.40 bits per heavy atom. The number of β-lactam (4-membered cyclic amide) rings is 1. The van der Waals surface area contributed by atoms with Crippen molar-refractivity contribution in [3.63, 3.8) is 0 Å². The van der Waals surface area contributed by atoms with Gasteiger partial charge in [-0.1, -0.05) is 30.3 Å². The second-order valence-electron chi connectivity index (χ2n) is 9.15. The van der Waals surface area contributed by atoms with Gasteiger partial charge in [0.2, 0.25) is 6.10 Å². The van der Waals surface area contributed by atoms with Crippen molar-refractivity contribution in [1.29, 1.82) is 0 Å². The van der Waals surface area contributed by atoms with Gasteiger partial charge in [0.25, 0.3) is 5.91 Å².